The fraction of sp³-hybridized carbons (Fsp3) is 0.182. The number of aromatic amines is 1. The van der Waals surface area contributed by atoms with Crippen LogP contribution in [0.2, 0.25) is 0 Å². The highest BCUT2D eigenvalue weighted by Crippen LogP contribution is 2.33. The number of hydrogen-bond acceptors (Lipinski definition) is 7. The molecule has 0 saturated carbocycles. The summed E-state index contributed by atoms with van der Waals surface area (Å²) in [5.74, 6) is 1.03. The summed E-state index contributed by atoms with van der Waals surface area (Å²) in [5.41, 5.74) is 3.02. The Morgan fingerprint density at radius 3 is 2.45 bits per heavy atom. The van der Waals surface area contributed by atoms with Crippen LogP contribution in [0.15, 0.2) is 66.7 Å². The molecule has 0 amide bonds. The van der Waals surface area contributed by atoms with Crippen molar-refractivity contribution in [3.63, 3.8) is 0 Å². The van der Waals surface area contributed by atoms with E-state index in [9.17, 15) is 10.1 Å². The van der Waals surface area contributed by atoms with Crippen LogP contribution in [-0.4, -0.2) is 37.1 Å². The summed E-state index contributed by atoms with van der Waals surface area (Å²) in [6.07, 6.45) is 0.882. The minimum atomic E-state index is -0.389. The van der Waals surface area contributed by atoms with E-state index in [-0.39, 0.29) is 10.6 Å². The fourth-order valence-corrected chi connectivity index (χ4v) is 3.44. The maximum atomic E-state index is 11.7. The number of aromatic nitrogens is 5. The van der Waals surface area contributed by atoms with Gasteiger partial charge in [-0.2, -0.15) is 0 Å². The molecule has 4 rings (SSSR count). The molecule has 2 aromatic heterocycles. The Labute approximate surface area is 178 Å². The fourth-order valence-electron chi connectivity index (χ4n) is 3.44. The number of rotatable bonds is 8. The van der Waals surface area contributed by atoms with Crippen molar-refractivity contribution in [3.8, 4) is 22.6 Å². The van der Waals surface area contributed by atoms with E-state index in [2.05, 4.69) is 32.4 Å². The summed E-state index contributed by atoms with van der Waals surface area (Å²) in [6.45, 7) is 3.40. The molecule has 0 saturated heterocycles. The van der Waals surface area contributed by atoms with Gasteiger partial charge in [-0.05, 0) is 22.4 Å². The van der Waals surface area contributed by atoms with Crippen LogP contribution in [-0.2, 0) is 6.54 Å². The molecule has 9 nitrogen and oxygen atoms in total. The molecule has 9 heteroatoms. The van der Waals surface area contributed by atoms with Crippen LogP contribution in [0.3, 0.4) is 0 Å². The number of H-pyrrole nitrogens is 1. The van der Waals surface area contributed by atoms with Gasteiger partial charge in [0.25, 0.3) is 5.69 Å². The van der Waals surface area contributed by atoms with Gasteiger partial charge in [-0.1, -0.05) is 61.5 Å². The van der Waals surface area contributed by atoms with E-state index < -0.39 is 0 Å². The first kappa shape index (κ1) is 20.1. The lowest BCUT2D eigenvalue weighted by Gasteiger charge is -2.24. The smallest absolute Gasteiger partial charge is 0.275 e. The Kier molecular flexibility index (Phi) is 5.93. The van der Waals surface area contributed by atoms with Crippen molar-refractivity contribution < 1.29 is 4.92 Å². The minimum absolute atomic E-state index is 0.0142. The number of benzene rings is 2. The maximum Gasteiger partial charge on any atom is 0.275 e. The third kappa shape index (κ3) is 4.55. The first-order valence-corrected chi connectivity index (χ1v) is 9.94. The minimum Gasteiger partial charge on any atom is -0.352 e. The standard InChI is InChI=1S/C22H21N7O2/c1-2-12-28(15-16-8-4-3-5-9-16)21-14-17(29(30)31)13-20(23-21)18-10-6-7-11-19(18)22-24-26-27-25-22/h3-11,13-14H,2,12,15H2,1H3,(H,24,25,26,27). The van der Waals surface area contributed by atoms with Crippen LogP contribution in [0.5, 0.6) is 0 Å². The Morgan fingerprint density at radius 2 is 1.77 bits per heavy atom. The lowest BCUT2D eigenvalue weighted by molar-refractivity contribution is -0.384. The average Bonchev–Trinajstić information content (AvgIpc) is 3.34. The molecule has 0 spiro atoms. The van der Waals surface area contributed by atoms with Crippen LogP contribution in [0.1, 0.15) is 18.9 Å². The normalized spacial score (nSPS) is 10.7. The second-order valence-electron chi connectivity index (χ2n) is 7.03. The van der Waals surface area contributed by atoms with Gasteiger partial charge in [0.1, 0.15) is 5.82 Å². The zero-order valence-electron chi connectivity index (χ0n) is 17.0. The van der Waals surface area contributed by atoms with Crippen LogP contribution in [0.25, 0.3) is 22.6 Å². The third-order valence-electron chi connectivity index (χ3n) is 4.84. The molecular formula is C22H21N7O2. The number of nitro groups is 1. The van der Waals surface area contributed by atoms with E-state index in [0.717, 1.165) is 24.1 Å². The highest BCUT2D eigenvalue weighted by Gasteiger charge is 2.19. The summed E-state index contributed by atoms with van der Waals surface area (Å²) >= 11 is 0. The Morgan fingerprint density at radius 1 is 1.03 bits per heavy atom. The number of tetrazole rings is 1. The molecule has 1 N–H and O–H groups in total. The summed E-state index contributed by atoms with van der Waals surface area (Å²) in [7, 11) is 0. The van der Waals surface area contributed by atoms with E-state index in [4.69, 9.17) is 4.98 Å². The molecule has 0 unspecified atom stereocenters. The van der Waals surface area contributed by atoms with Crippen LogP contribution in [0, 0.1) is 10.1 Å². The van der Waals surface area contributed by atoms with Crippen molar-refractivity contribution in [2.45, 2.75) is 19.9 Å². The molecule has 0 aliphatic carbocycles. The SMILES string of the molecule is CCCN(Cc1ccccc1)c1cc([N+](=O)[O-])cc(-c2ccccc2-c2nnn[nH]2)n1. The van der Waals surface area contributed by atoms with Crippen LogP contribution < -0.4 is 4.90 Å². The van der Waals surface area contributed by atoms with Crippen molar-refractivity contribution >= 4 is 11.5 Å². The van der Waals surface area contributed by atoms with Gasteiger partial charge in [-0.25, -0.2) is 10.1 Å². The Bertz CT molecular complexity index is 1160. The first-order chi connectivity index (χ1) is 15.2. The highest BCUT2D eigenvalue weighted by molar-refractivity contribution is 5.80. The van der Waals surface area contributed by atoms with E-state index in [1.54, 1.807) is 0 Å². The molecule has 4 aromatic rings. The largest absolute Gasteiger partial charge is 0.352 e. The molecular weight excluding hydrogens is 394 g/mol. The van der Waals surface area contributed by atoms with E-state index in [1.807, 2.05) is 54.6 Å². The highest BCUT2D eigenvalue weighted by atomic mass is 16.6. The Balaban J connectivity index is 1.81. The summed E-state index contributed by atoms with van der Waals surface area (Å²) in [6, 6.07) is 20.4. The first-order valence-electron chi connectivity index (χ1n) is 9.94. The number of nitrogens with zero attached hydrogens (tertiary/aromatic N) is 6. The van der Waals surface area contributed by atoms with Gasteiger partial charge < -0.3 is 4.90 Å². The van der Waals surface area contributed by atoms with E-state index in [0.29, 0.717) is 29.4 Å². The van der Waals surface area contributed by atoms with Gasteiger partial charge in [0.2, 0.25) is 0 Å². The second kappa shape index (κ2) is 9.12. The quantitative estimate of drug-likeness (QED) is 0.338. The summed E-state index contributed by atoms with van der Waals surface area (Å²) in [4.78, 5) is 18.2. The predicted molar refractivity (Wildman–Crippen MR) is 117 cm³/mol. The van der Waals surface area contributed by atoms with Gasteiger partial charge in [-0.15, -0.1) is 5.10 Å². The van der Waals surface area contributed by atoms with Crippen molar-refractivity contribution in [1.29, 1.82) is 0 Å². The van der Waals surface area contributed by atoms with Crippen molar-refractivity contribution in [2.75, 3.05) is 11.4 Å². The molecule has 2 aromatic carbocycles. The molecule has 0 atom stereocenters. The average molecular weight is 415 g/mol. The van der Waals surface area contributed by atoms with Crippen LogP contribution in [0.4, 0.5) is 11.5 Å². The summed E-state index contributed by atoms with van der Waals surface area (Å²) < 4.78 is 0. The van der Waals surface area contributed by atoms with Gasteiger partial charge in [0, 0.05) is 30.3 Å². The van der Waals surface area contributed by atoms with Gasteiger partial charge >= 0.3 is 0 Å². The van der Waals surface area contributed by atoms with Gasteiger partial charge in [0.15, 0.2) is 5.82 Å². The molecule has 0 aliphatic rings. The van der Waals surface area contributed by atoms with Crippen LogP contribution >= 0.6 is 0 Å². The topological polar surface area (TPSA) is 114 Å². The monoisotopic (exact) mass is 415 g/mol. The van der Waals surface area contributed by atoms with E-state index >= 15 is 0 Å². The molecule has 31 heavy (non-hydrogen) atoms. The maximum absolute atomic E-state index is 11.7. The van der Waals surface area contributed by atoms with Gasteiger partial charge in [-0.3, -0.25) is 10.1 Å². The van der Waals surface area contributed by atoms with Crippen molar-refractivity contribution in [1.82, 2.24) is 25.6 Å². The van der Waals surface area contributed by atoms with E-state index in [1.165, 1.54) is 12.1 Å². The van der Waals surface area contributed by atoms with Crippen molar-refractivity contribution in [2.24, 2.45) is 0 Å². The number of hydrogen-bond donors (Lipinski definition) is 1. The lowest BCUT2D eigenvalue weighted by atomic mass is 10.0. The second-order valence-corrected chi connectivity index (χ2v) is 7.03. The van der Waals surface area contributed by atoms with Crippen molar-refractivity contribution in [3.05, 3.63) is 82.4 Å². The third-order valence-corrected chi connectivity index (χ3v) is 4.84. The zero-order chi connectivity index (χ0) is 21.6. The molecule has 0 bridgehead atoms. The number of nitrogens with one attached hydrogen (secondary N) is 1. The zero-order valence-corrected chi connectivity index (χ0v) is 17.0. The molecule has 0 aliphatic heterocycles. The molecule has 0 fully saturated rings. The molecule has 156 valence electrons. The number of anilines is 1. The molecule has 0 radical (unpaired) electrons. The van der Waals surface area contributed by atoms with Gasteiger partial charge in [0.05, 0.1) is 16.7 Å². The predicted octanol–water partition coefficient (Wildman–Crippen LogP) is 4.25. The molecule has 2 heterocycles. The lowest BCUT2D eigenvalue weighted by Crippen LogP contribution is -2.24. The Hall–Kier alpha value is -4.14. The number of pyridine rings is 1. The summed E-state index contributed by atoms with van der Waals surface area (Å²) in [5, 5.41) is 25.7.